The van der Waals surface area contributed by atoms with Gasteiger partial charge in [0.2, 0.25) is 0 Å². The topological polar surface area (TPSA) is 87.2 Å². The normalized spacial score (nSPS) is 25.4. The fraction of sp³-hybridized carbons (Fsp3) is 0.455. The predicted molar refractivity (Wildman–Crippen MR) is 157 cm³/mol. The third kappa shape index (κ3) is 7.02. The second-order valence-corrected chi connectivity index (χ2v) is 11.5. The van der Waals surface area contributed by atoms with Gasteiger partial charge in [-0.2, -0.15) is 0 Å². The highest BCUT2D eigenvalue weighted by Gasteiger charge is 2.36. The highest BCUT2D eigenvalue weighted by atomic mass is 16.7. The molecule has 3 aliphatic rings. The van der Waals surface area contributed by atoms with Crippen LogP contribution >= 0.6 is 0 Å². The van der Waals surface area contributed by atoms with Crippen molar-refractivity contribution in [1.82, 2.24) is 14.8 Å². The van der Waals surface area contributed by atoms with E-state index in [-0.39, 0.29) is 24.7 Å². The summed E-state index contributed by atoms with van der Waals surface area (Å²) in [5.41, 5.74) is 4.11. The van der Waals surface area contributed by atoms with Crippen LogP contribution in [-0.4, -0.2) is 70.7 Å². The molecule has 2 aromatic carbocycles. The smallest absolute Gasteiger partial charge is 0.257 e. The molecule has 8 nitrogen and oxygen atoms in total. The number of rotatable bonds is 9. The zero-order chi connectivity index (χ0) is 28.0. The minimum atomic E-state index is -0.515. The molecule has 2 N–H and O–H groups in total. The second kappa shape index (κ2) is 13.2. The van der Waals surface area contributed by atoms with E-state index in [0.29, 0.717) is 17.3 Å². The molecule has 4 atom stereocenters. The molecule has 1 amide bonds. The van der Waals surface area contributed by atoms with Crippen molar-refractivity contribution in [2.45, 2.75) is 63.3 Å². The Bertz CT molecular complexity index is 1260. The summed E-state index contributed by atoms with van der Waals surface area (Å²) >= 11 is 0. The SMILES string of the molecule is O=C(Nc1ccc([C@@H]2O[C@H](CN3CCC[C@H]3CN3CCCC3)C[C@H](c3ccc(CO)cc3)O2)cc1)c1cccnc1. The number of aromatic nitrogens is 1. The van der Waals surface area contributed by atoms with Crippen LogP contribution < -0.4 is 5.32 Å². The molecule has 3 fully saturated rings. The van der Waals surface area contributed by atoms with Crippen molar-refractivity contribution in [3.63, 3.8) is 0 Å². The molecule has 0 bridgehead atoms. The summed E-state index contributed by atoms with van der Waals surface area (Å²) in [6.07, 6.45) is 8.51. The Kier molecular flexibility index (Phi) is 9.03. The zero-order valence-corrected chi connectivity index (χ0v) is 23.5. The molecule has 0 radical (unpaired) electrons. The lowest BCUT2D eigenvalue weighted by Crippen LogP contribution is -2.45. The minimum Gasteiger partial charge on any atom is -0.392 e. The Morgan fingerprint density at radius 1 is 0.927 bits per heavy atom. The van der Waals surface area contributed by atoms with Gasteiger partial charge in [0.15, 0.2) is 6.29 Å². The Hall–Kier alpha value is -3.14. The van der Waals surface area contributed by atoms with Crippen LogP contribution in [0.5, 0.6) is 0 Å². The number of carbonyl (C=O) groups excluding carboxylic acids is 1. The van der Waals surface area contributed by atoms with Crippen molar-refractivity contribution >= 4 is 11.6 Å². The van der Waals surface area contributed by atoms with Gasteiger partial charge < -0.3 is 24.8 Å². The van der Waals surface area contributed by atoms with Gasteiger partial charge in [-0.3, -0.25) is 14.7 Å². The van der Waals surface area contributed by atoms with Crippen LogP contribution in [0.25, 0.3) is 0 Å². The van der Waals surface area contributed by atoms with E-state index < -0.39 is 6.29 Å². The number of carbonyl (C=O) groups is 1. The number of nitrogens with zero attached hydrogens (tertiary/aromatic N) is 3. The second-order valence-electron chi connectivity index (χ2n) is 11.5. The van der Waals surface area contributed by atoms with E-state index >= 15 is 0 Å². The summed E-state index contributed by atoms with van der Waals surface area (Å²) in [6, 6.07) is 19.8. The van der Waals surface area contributed by atoms with Gasteiger partial charge >= 0.3 is 0 Å². The van der Waals surface area contributed by atoms with Crippen LogP contribution in [-0.2, 0) is 16.1 Å². The fourth-order valence-electron chi connectivity index (χ4n) is 6.32. The summed E-state index contributed by atoms with van der Waals surface area (Å²) in [7, 11) is 0. The Labute approximate surface area is 242 Å². The number of ether oxygens (including phenoxy) is 2. The molecule has 1 aromatic heterocycles. The third-order valence-electron chi connectivity index (χ3n) is 8.58. The lowest BCUT2D eigenvalue weighted by molar-refractivity contribution is -0.253. The fourth-order valence-corrected chi connectivity index (χ4v) is 6.32. The molecule has 3 aliphatic heterocycles. The number of amides is 1. The number of aliphatic hydroxyl groups excluding tert-OH is 1. The van der Waals surface area contributed by atoms with Gasteiger partial charge in [0.1, 0.15) is 0 Å². The minimum absolute atomic E-state index is 0.0250. The first-order valence-electron chi connectivity index (χ1n) is 14.9. The Morgan fingerprint density at radius 2 is 1.71 bits per heavy atom. The average molecular weight is 557 g/mol. The van der Waals surface area contributed by atoms with E-state index in [2.05, 4.69) is 32.2 Å². The molecular weight excluding hydrogens is 516 g/mol. The van der Waals surface area contributed by atoms with Crippen molar-refractivity contribution in [3.8, 4) is 0 Å². The maximum Gasteiger partial charge on any atom is 0.257 e. The van der Waals surface area contributed by atoms with E-state index in [1.807, 2.05) is 36.4 Å². The molecule has 41 heavy (non-hydrogen) atoms. The van der Waals surface area contributed by atoms with Gasteiger partial charge in [-0.05, 0) is 80.7 Å². The van der Waals surface area contributed by atoms with Crippen molar-refractivity contribution in [2.24, 2.45) is 0 Å². The maximum absolute atomic E-state index is 12.6. The molecule has 0 unspecified atom stereocenters. The van der Waals surface area contributed by atoms with Gasteiger partial charge in [0.05, 0.1) is 24.4 Å². The lowest BCUT2D eigenvalue weighted by atomic mass is 9.99. The molecule has 6 rings (SSSR count). The van der Waals surface area contributed by atoms with Crippen LogP contribution in [0.15, 0.2) is 73.1 Å². The maximum atomic E-state index is 12.6. The van der Waals surface area contributed by atoms with Crippen molar-refractivity contribution < 1.29 is 19.4 Å². The zero-order valence-electron chi connectivity index (χ0n) is 23.5. The van der Waals surface area contributed by atoms with Crippen LogP contribution in [0, 0.1) is 0 Å². The molecular formula is C33H40N4O4. The third-order valence-corrected chi connectivity index (χ3v) is 8.58. The predicted octanol–water partition coefficient (Wildman–Crippen LogP) is 4.93. The highest BCUT2D eigenvalue weighted by Crippen LogP contribution is 2.39. The quantitative estimate of drug-likeness (QED) is 0.386. The first-order valence-corrected chi connectivity index (χ1v) is 14.9. The van der Waals surface area contributed by atoms with E-state index in [1.165, 1.54) is 38.8 Å². The first kappa shape index (κ1) is 28.0. The molecule has 0 aliphatic carbocycles. The van der Waals surface area contributed by atoms with E-state index in [9.17, 15) is 9.90 Å². The number of pyridine rings is 1. The number of anilines is 1. The molecule has 3 saturated heterocycles. The molecule has 0 saturated carbocycles. The highest BCUT2D eigenvalue weighted by molar-refractivity contribution is 6.04. The number of hydrogen-bond acceptors (Lipinski definition) is 7. The largest absolute Gasteiger partial charge is 0.392 e. The molecule has 4 heterocycles. The van der Waals surface area contributed by atoms with Gasteiger partial charge in [0, 0.05) is 49.2 Å². The summed E-state index contributed by atoms with van der Waals surface area (Å²) < 4.78 is 13.2. The summed E-state index contributed by atoms with van der Waals surface area (Å²) in [5.74, 6) is -0.198. The summed E-state index contributed by atoms with van der Waals surface area (Å²) in [6.45, 7) is 5.64. The molecule has 0 spiro atoms. The Morgan fingerprint density at radius 3 is 2.44 bits per heavy atom. The Balaban J connectivity index is 1.16. The molecule has 3 aromatic rings. The standard InChI is InChI=1S/C33H40N4O4/c38-23-24-7-9-25(10-8-24)31-19-30(22-37-18-4-6-29(37)21-36-16-1-2-17-36)40-33(41-31)26-11-13-28(14-12-26)35-32(39)27-5-3-15-34-20-27/h3,5,7-15,20,29-31,33,38H,1-2,4,6,16-19,21-23H2,(H,35,39)/t29-,30-,31+,33+/m0/s1. The van der Waals surface area contributed by atoms with Gasteiger partial charge in [-0.1, -0.05) is 36.4 Å². The van der Waals surface area contributed by atoms with Gasteiger partial charge in [-0.15, -0.1) is 0 Å². The van der Waals surface area contributed by atoms with E-state index in [0.717, 1.165) is 42.7 Å². The van der Waals surface area contributed by atoms with Crippen molar-refractivity contribution in [3.05, 3.63) is 95.3 Å². The van der Waals surface area contributed by atoms with Crippen molar-refractivity contribution in [2.75, 3.05) is 38.0 Å². The number of benzene rings is 2. The van der Waals surface area contributed by atoms with E-state index in [1.54, 1.807) is 24.5 Å². The van der Waals surface area contributed by atoms with Crippen molar-refractivity contribution in [1.29, 1.82) is 0 Å². The monoisotopic (exact) mass is 556 g/mol. The van der Waals surface area contributed by atoms with Gasteiger partial charge in [-0.25, -0.2) is 0 Å². The van der Waals surface area contributed by atoms with E-state index in [4.69, 9.17) is 9.47 Å². The van der Waals surface area contributed by atoms with Gasteiger partial charge in [0.25, 0.3) is 5.91 Å². The van der Waals surface area contributed by atoms with Crippen LogP contribution in [0.4, 0.5) is 5.69 Å². The van der Waals surface area contributed by atoms with Crippen LogP contribution in [0.1, 0.15) is 71.5 Å². The number of aliphatic hydroxyl groups is 1. The summed E-state index contributed by atoms with van der Waals surface area (Å²) in [4.78, 5) is 21.8. The summed E-state index contributed by atoms with van der Waals surface area (Å²) in [5, 5.41) is 12.4. The van der Waals surface area contributed by atoms with Crippen LogP contribution in [0.2, 0.25) is 0 Å². The first-order chi connectivity index (χ1) is 20.1. The molecule has 8 heteroatoms. The van der Waals surface area contributed by atoms with Crippen LogP contribution in [0.3, 0.4) is 0 Å². The number of hydrogen-bond donors (Lipinski definition) is 2. The average Bonchev–Trinajstić information content (AvgIpc) is 3.70. The number of nitrogens with one attached hydrogen (secondary N) is 1. The molecule has 216 valence electrons. The number of likely N-dealkylation sites (tertiary alicyclic amines) is 2. The lowest BCUT2D eigenvalue weighted by Gasteiger charge is -2.39.